The minimum absolute atomic E-state index is 0.0130. The lowest BCUT2D eigenvalue weighted by Gasteiger charge is -2.56. The molecule has 9 atom stereocenters. The number of ketones is 2. The van der Waals surface area contributed by atoms with Crippen LogP contribution in [-0.2, 0) is 28.7 Å². The molecule has 0 amide bonds. The van der Waals surface area contributed by atoms with E-state index in [-0.39, 0.29) is 58.0 Å². The molecule has 4 aliphatic carbocycles. The lowest BCUT2D eigenvalue weighted by Crippen LogP contribution is -2.54. The van der Waals surface area contributed by atoms with Crippen LogP contribution in [0.15, 0.2) is 23.3 Å². The molecule has 6 heteroatoms. The van der Waals surface area contributed by atoms with Crippen molar-refractivity contribution in [1.82, 2.24) is 0 Å². The Morgan fingerprint density at radius 3 is 2.47 bits per heavy atom. The Morgan fingerprint density at radius 2 is 1.84 bits per heavy atom. The molecule has 4 aliphatic rings. The van der Waals surface area contributed by atoms with E-state index in [2.05, 4.69) is 27.4 Å². The van der Waals surface area contributed by atoms with E-state index in [1.54, 1.807) is 0 Å². The highest BCUT2D eigenvalue weighted by Crippen LogP contribution is 2.65. The molecule has 0 aromatic carbocycles. The molecule has 0 saturated heterocycles. The zero-order valence-electron chi connectivity index (χ0n) is 24.4. The van der Waals surface area contributed by atoms with E-state index in [0.29, 0.717) is 37.5 Å². The molecule has 2 fully saturated rings. The third-order valence-corrected chi connectivity index (χ3v) is 11.2. The fourth-order valence-electron chi connectivity index (χ4n) is 8.96. The van der Waals surface area contributed by atoms with E-state index in [1.165, 1.54) is 14.0 Å². The third kappa shape index (κ3) is 4.60. The van der Waals surface area contributed by atoms with Crippen LogP contribution in [0, 0.1) is 46.3 Å². The first-order valence-electron chi connectivity index (χ1n) is 14.5. The van der Waals surface area contributed by atoms with E-state index in [9.17, 15) is 19.2 Å². The fourth-order valence-corrected chi connectivity index (χ4v) is 8.96. The van der Waals surface area contributed by atoms with Crippen molar-refractivity contribution in [3.05, 3.63) is 23.3 Å². The monoisotopic (exact) mass is 526 g/mol. The highest BCUT2D eigenvalue weighted by molar-refractivity contribution is 6.00. The van der Waals surface area contributed by atoms with E-state index < -0.39 is 6.10 Å². The van der Waals surface area contributed by atoms with Crippen molar-refractivity contribution in [1.29, 1.82) is 0 Å². The zero-order chi connectivity index (χ0) is 28.2. The molecule has 0 bridgehead atoms. The molecule has 9 unspecified atom stereocenters. The SMILES string of the molecule is C=C(CCC(C)C1CCC2C3=C(C(=O)CC21C)C1(C)CCC(=O)C(C)C1CC3OC(C)=O)C(C)C(=O)OC. The smallest absolute Gasteiger partial charge is 0.312 e. The highest BCUT2D eigenvalue weighted by atomic mass is 16.5. The maximum absolute atomic E-state index is 14.1. The van der Waals surface area contributed by atoms with Gasteiger partial charge < -0.3 is 9.47 Å². The first kappa shape index (κ1) is 28.8. The molecule has 38 heavy (non-hydrogen) atoms. The average molecular weight is 527 g/mol. The van der Waals surface area contributed by atoms with Gasteiger partial charge in [-0.3, -0.25) is 19.2 Å². The topological polar surface area (TPSA) is 86.7 Å². The van der Waals surface area contributed by atoms with Crippen LogP contribution >= 0.6 is 0 Å². The molecular formula is C32H46O6. The van der Waals surface area contributed by atoms with Gasteiger partial charge in [-0.1, -0.05) is 39.8 Å². The van der Waals surface area contributed by atoms with Crippen LogP contribution < -0.4 is 0 Å². The molecule has 0 radical (unpaired) electrons. The average Bonchev–Trinajstić information content (AvgIpc) is 3.20. The Bertz CT molecular complexity index is 1070. The fraction of sp³-hybridized carbons (Fsp3) is 0.750. The number of fused-ring (bicyclic) bond motifs is 4. The van der Waals surface area contributed by atoms with Crippen molar-refractivity contribution in [3.63, 3.8) is 0 Å². The van der Waals surface area contributed by atoms with Crippen LogP contribution in [0.2, 0.25) is 0 Å². The van der Waals surface area contributed by atoms with Gasteiger partial charge in [0.2, 0.25) is 0 Å². The summed E-state index contributed by atoms with van der Waals surface area (Å²) in [6, 6.07) is 0. The second kappa shape index (κ2) is 10.4. The summed E-state index contributed by atoms with van der Waals surface area (Å²) in [6.45, 7) is 16.1. The van der Waals surface area contributed by atoms with Crippen LogP contribution in [-0.4, -0.2) is 36.7 Å². The maximum Gasteiger partial charge on any atom is 0.312 e. The summed E-state index contributed by atoms with van der Waals surface area (Å²) in [5.41, 5.74) is 2.29. The van der Waals surface area contributed by atoms with Gasteiger partial charge in [0.05, 0.1) is 13.0 Å². The number of esters is 2. The summed E-state index contributed by atoms with van der Waals surface area (Å²) in [4.78, 5) is 51.0. The van der Waals surface area contributed by atoms with Gasteiger partial charge in [-0.15, -0.1) is 0 Å². The summed E-state index contributed by atoms with van der Waals surface area (Å²) in [6.07, 6.45) is 5.54. The summed E-state index contributed by atoms with van der Waals surface area (Å²) >= 11 is 0. The normalized spacial score (nSPS) is 38.0. The number of allylic oxidation sites excluding steroid dienone is 1. The zero-order valence-corrected chi connectivity index (χ0v) is 24.4. The largest absolute Gasteiger partial charge is 0.469 e. The number of hydrogen-bond donors (Lipinski definition) is 0. The first-order chi connectivity index (χ1) is 17.8. The molecule has 2 saturated carbocycles. The quantitative estimate of drug-likeness (QED) is 0.297. The number of Topliss-reactive ketones (excluding diaryl/α,β-unsaturated/α-hetero) is 2. The molecule has 0 N–H and O–H groups in total. The number of ether oxygens (including phenoxy) is 2. The summed E-state index contributed by atoms with van der Waals surface area (Å²) in [5, 5.41) is 0. The van der Waals surface area contributed by atoms with Crippen LogP contribution in [0.25, 0.3) is 0 Å². The number of carbonyl (C=O) groups excluding carboxylic acids is 4. The number of hydrogen-bond acceptors (Lipinski definition) is 6. The minimum Gasteiger partial charge on any atom is -0.469 e. The molecule has 6 nitrogen and oxygen atoms in total. The summed E-state index contributed by atoms with van der Waals surface area (Å²) in [7, 11) is 1.40. The number of methoxy groups -OCH3 is 1. The van der Waals surface area contributed by atoms with Gasteiger partial charge in [-0.05, 0) is 80.1 Å². The summed E-state index contributed by atoms with van der Waals surface area (Å²) < 4.78 is 10.8. The second-order valence-electron chi connectivity index (χ2n) is 13.2. The third-order valence-electron chi connectivity index (χ3n) is 11.2. The van der Waals surface area contributed by atoms with Gasteiger partial charge >= 0.3 is 11.9 Å². The Labute approximate surface area is 228 Å². The Balaban J connectivity index is 1.65. The van der Waals surface area contributed by atoms with Gasteiger partial charge in [0.15, 0.2) is 5.78 Å². The lowest BCUT2D eigenvalue weighted by molar-refractivity contribution is -0.150. The maximum atomic E-state index is 14.1. The number of rotatable bonds is 7. The Morgan fingerprint density at radius 1 is 1.16 bits per heavy atom. The van der Waals surface area contributed by atoms with E-state index >= 15 is 0 Å². The molecule has 0 aliphatic heterocycles. The van der Waals surface area contributed by atoms with Crippen LogP contribution in [0.3, 0.4) is 0 Å². The molecule has 0 aromatic rings. The minimum atomic E-state index is -0.433. The number of carbonyl (C=O) groups is 4. The van der Waals surface area contributed by atoms with E-state index in [1.807, 2.05) is 13.8 Å². The van der Waals surface area contributed by atoms with Crippen molar-refractivity contribution in [2.75, 3.05) is 7.11 Å². The van der Waals surface area contributed by atoms with Gasteiger partial charge in [0.25, 0.3) is 0 Å². The molecule has 0 heterocycles. The van der Waals surface area contributed by atoms with Gasteiger partial charge in [-0.2, -0.15) is 0 Å². The van der Waals surface area contributed by atoms with Crippen LogP contribution in [0.5, 0.6) is 0 Å². The van der Waals surface area contributed by atoms with E-state index in [0.717, 1.165) is 42.4 Å². The molecule has 210 valence electrons. The van der Waals surface area contributed by atoms with Gasteiger partial charge in [0, 0.05) is 36.7 Å². The van der Waals surface area contributed by atoms with Crippen LogP contribution in [0.1, 0.15) is 92.9 Å². The first-order valence-corrected chi connectivity index (χ1v) is 14.5. The van der Waals surface area contributed by atoms with E-state index in [4.69, 9.17) is 9.47 Å². The van der Waals surface area contributed by atoms with Crippen molar-refractivity contribution in [3.8, 4) is 0 Å². The van der Waals surface area contributed by atoms with Crippen molar-refractivity contribution >= 4 is 23.5 Å². The van der Waals surface area contributed by atoms with Crippen molar-refractivity contribution in [2.24, 2.45) is 46.3 Å². The predicted molar refractivity (Wildman–Crippen MR) is 145 cm³/mol. The molecule has 0 aromatic heterocycles. The standard InChI is InChI=1S/C32H46O6/c1-17(19(3)30(36)37-8)9-10-18(2)22-11-12-23-28-27(38-21(5)33)15-24-20(4)25(34)13-14-31(24,6)29(28)26(35)16-32(22,23)7/h18-20,22-24,27H,1,9-16H2,2-8H3. The van der Waals surface area contributed by atoms with Crippen molar-refractivity contribution in [2.45, 2.75) is 99.0 Å². The Hall–Kier alpha value is -2.24. The summed E-state index contributed by atoms with van der Waals surface area (Å²) in [5.74, 6) is 0.293. The highest BCUT2D eigenvalue weighted by Gasteiger charge is 2.62. The van der Waals surface area contributed by atoms with Gasteiger partial charge in [0.1, 0.15) is 11.9 Å². The molecular weight excluding hydrogens is 480 g/mol. The molecule has 4 rings (SSSR count). The van der Waals surface area contributed by atoms with Crippen molar-refractivity contribution < 1.29 is 28.7 Å². The molecule has 0 spiro atoms. The van der Waals surface area contributed by atoms with Gasteiger partial charge in [-0.25, -0.2) is 0 Å². The second-order valence-corrected chi connectivity index (χ2v) is 13.2. The lowest BCUT2D eigenvalue weighted by atomic mass is 9.48. The predicted octanol–water partition coefficient (Wildman–Crippen LogP) is 6.03. The van der Waals surface area contributed by atoms with Crippen LogP contribution in [0.4, 0.5) is 0 Å². The Kier molecular flexibility index (Phi) is 7.86.